The van der Waals surface area contributed by atoms with E-state index in [1.54, 1.807) is 0 Å². The Balaban J connectivity index is 1.84. The zero-order valence-electron chi connectivity index (χ0n) is 14.5. The van der Waals surface area contributed by atoms with Crippen LogP contribution in [-0.4, -0.2) is 30.7 Å². The molecule has 22 heavy (non-hydrogen) atoms. The minimum atomic E-state index is 0.0553. The molecule has 0 saturated carbocycles. The largest absolute Gasteiger partial charge is 0.396 e. The Bertz CT molecular complexity index is 259. The van der Waals surface area contributed by atoms with E-state index in [4.69, 9.17) is 14.6 Å². The molecule has 3 heteroatoms. The monoisotopic (exact) mass is 312 g/mol. The van der Waals surface area contributed by atoms with Crippen LogP contribution in [0, 0.1) is 0 Å². The van der Waals surface area contributed by atoms with Crippen molar-refractivity contribution in [3.8, 4) is 0 Å². The Labute approximate surface area is 137 Å². The van der Waals surface area contributed by atoms with Crippen LogP contribution in [0.1, 0.15) is 84.0 Å². The smallest absolute Gasteiger partial charge is 0.157 e. The third-order valence-corrected chi connectivity index (χ3v) is 4.20. The topological polar surface area (TPSA) is 38.7 Å². The second kappa shape index (κ2) is 14.2. The molecule has 0 aromatic heterocycles. The van der Waals surface area contributed by atoms with E-state index in [9.17, 15) is 0 Å². The lowest BCUT2D eigenvalue weighted by molar-refractivity contribution is -0.185. The molecule has 1 aliphatic rings. The molecule has 0 amide bonds. The third kappa shape index (κ3) is 11.2. The highest BCUT2D eigenvalue weighted by Crippen LogP contribution is 2.18. The van der Waals surface area contributed by atoms with E-state index < -0.39 is 0 Å². The number of hydrogen-bond acceptors (Lipinski definition) is 3. The summed E-state index contributed by atoms with van der Waals surface area (Å²) < 4.78 is 11.5. The molecule has 2 atom stereocenters. The van der Waals surface area contributed by atoms with Gasteiger partial charge < -0.3 is 14.6 Å². The van der Waals surface area contributed by atoms with Crippen molar-refractivity contribution in [2.45, 2.75) is 96.4 Å². The molecule has 1 aliphatic heterocycles. The summed E-state index contributed by atoms with van der Waals surface area (Å²) in [4.78, 5) is 0. The number of aliphatic hydroxyl groups is 1. The van der Waals surface area contributed by atoms with Crippen LogP contribution >= 0.6 is 0 Å². The second-order valence-corrected chi connectivity index (χ2v) is 6.43. The van der Waals surface area contributed by atoms with Gasteiger partial charge in [0.25, 0.3) is 0 Å². The van der Waals surface area contributed by atoms with Crippen LogP contribution in [0.3, 0.4) is 0 Å². The first kappa shape index (κ1) is 19.7. The van der Waals surface area contributed by atoms with Gasteiger partial charge in [-0.05, 0) is 64.7 Å². The van der Waals surface area contributed by atoms with Crippen LogP contribution in [0.4, 0.5) is 0 Å². The van der Waals surface area contributed by atoms with Gasteiger partial charge in [-0.3, -0.25) is 0 Å². The zero-order chi connectivity index (χ0) is 15.9. The van der Waals surface area contributed by atoms with Gasteiger partial charge in [0.2, 0.25) is 0 Å². The molecule has 0 aromatic carbocycles. The van der Waals surface area contributed by atoms with Crippen molar-refractivity contribution in [1.29, 1.82) is 0 Å². The molecule has 1 N–H and O–H groups in total. The van der Waals surface area contributed by atoms with E-state index in [1.807, 2.05) is 0 Å². The number of hydrogen-bond donors (Lipinski definition) is 1. The Morgan fingerprint density at radius 2 is 1.77 bits per heavy atom. The number of aliphatic hydroxyl groups excluding tert-OH is 1. The van der Waals surface area contributed by atoms with E-state index >= 15 is 0 Å². The van der Waals surface area contributed by atoms with Gasteiger partial charge in [0.1, 0.15) is 0 Å². The molecule has 1 heterocycles. The van der Waals surface area contributed by atoms with E-state index in [0.717, 1.165) is 38.7 Å². The summed E-state index contributed by atoms with van der Waals surface area (Å²) in [6.45, 7) is 3.36. The lowest BCUT2D eigenvalue weighted by Gasteiger charge is -2.26. The summed E-state index contributed by atoms with van der Waals surface area (Å²) in [7, 11) is 0. The molecule has 1 rings (SSSR count). The average Bonchev–Trinajstić information content (AvgIpc) is 2.53. The van der Waals surface area contributed by atoms with E-state index in [0.29, 0.717) is 12.7 Å². The van der Waals surface area contributed by atoms with Crippen LogP contribution in [0.2, 0.25) is 0 Å². The SMILES string of the molecule is CC(CCCCCC/C=C\CCCCO)OC1CCCCO1. The number of ether oxygens (including phenoxy) is 2. The van der Waals surface area contributed by atoms with Crippen molar-refractivity contribution < 1.29 is 14.6 Å². The van der Waals surface area contributed by atoms with Gasteiger partial charge >= 0.3 is 0 Å². The standard InChI is InChI=1S/C19H36O3/c1-18(22-19-15-11-13-17-21-19)14-10-8-6-4-2-3-5-7-9-12-16-20/h3,5,18-20H,2,4,6-17H2,1H3/b5-3-. The maximum atomic E-state index is 8.68. The summed E-state index contributed by atoms with van der Waals surface area (Å²) in [5, 5.41) is 8.68. The molecule has 0 radical (unpaired) electrons. The third-order valence-electron chi connectivity index (χ3n) is 4.20. The lowest BCUT2D eigenvalue weighted by atomic mass is 10.1. The van der Waals surface area contributed by atoms with Gasteiger partial charge in [-0.2, -0.15) is 0 Å². The van der Waals surface area contributed by atoms with Crippen molar-refractivity contribution in [2.24, 2.45) is 0 Å². The van der Waals surface area contributed by atoms with Gasteiger partial charge in [0.05, 0.1) is 6.10 Å². The number of allylic oxidation sites excluding steroid dienone is 2. The molecule has 1 saturated heterocycles. The van der Waals surface area contributed by atoms with Crippen molar-refractivity contribution in [3.63, 3.8) is 0 Å². The van der Waals surface area contributed by atoms with Gasteiger partial charge in [-0.25, -0.2) is 0 Å². The fraction of sp³-hybridized carbons (Fsp3) is 0.895. The van der Waals surface area contributed by atoms with Crippen molar-refractivity contribution in [1.82, 2.24) is 0 Å². The van der Waals surface area contributed by atoms with Crippen molar-refractivity contribution in [2.75, 3.05) is 13.2 Å². The summed E-state index contributed by atoms with van der Waals surface area (Å²) in [6.07, 6.45) is 19.1. The van der Waals surface area contributed by atoms with Crippen LogP contribution in [0.25, 0.3) is 0 Å². The second-order valence-electron chi connectivity index (χ2n) is 6.43. The summed E-state index contributed by atoms with van der Waals surface area (Å²) in [5.41, 5.74) is 0. The average molecular weight is 312 g/mol. The number of rotatable bonds is 13. The molecule has 3 nitrogen and oxygen atoms in total. The normalized spacial score (nSPS) is 20.5. The molecule has 0 aromatic rings. The molecule has 2 unspecified atom stereocenters. The molecule has 0 spiro atoms. The summed E-state index contributed by atoms with van der Waals surface area (Å²) >= 11 is 0. The highest BCUT2D eigenvalue weighted by atomic mass is 16.7. The van der Waals surface area contributed by atoms with Gasteiger partial charge in [-0.1, -0.05) is 31.4 Å². The zero-order valence-corrected chi connectivity index (χ0v) is 14.5. The fourth-order valence-corrected chi connectivity index (χ4v) is 2.80. The molecular weight excluding hydrogens is 276 g/mol. The van der Waals surface area contributed by atoms with Gasteiger partial charge in [0, 0.05) is 13.2 Å². The van der Waals surface area contributed by atoms with Crippen LogP contribution in [0.15, 0.2) is 12.2 Å². The maximum absolute atomic E-state index is 8.68. The first-order valence-electron chi connectivity index (χ1n) is 9.36. The Morgan fingerprint density at radius 1 is 1.05 bits per heavy atom. The summed E-state index contributed by atoms with van der Waals surface area (Å²) in [5.74, 6) is 0. The van der Waals surface area contributed by atoms with E-state index in [1.165, 1.54) is 44.9 Å². The number of unbranched alkanes of at least 4 members (excludes halogenated alkanes) is 6. The molecule has 0 aliphatic carbocycles. The molecule has 1 fully saturated rings. The van der Waals surface area contributed by atoms with Crippen LogP contribution in [-0.2, 0) is 9.47 Å². The lowest BCUT2D eigenvalue weighted by Crippen LogP contribution is -2.26. The first-order valence-corrected chi connectivity index (χ1v) is 9.36. The predicted octanol–water partition coefficient (Wildman–Crippen LogP) is 4.98. The van der Waals surface area contributed by atoms with Crippen LogP contribution < -0.4 is 0 Å². The molecule has 130 valence electrons. The fourth-order valence-electron chi connectivity index (χ4n) is 2.80. The summed E-state index contributed by atoms with van der Waals surface area (Å²) in [6, 6.07) is 0. The molecular formula is C19H36O3. The van der Waals surface area contributed by atoms with E-state index in [2.05, 4.69) is 19.1 Å². The van der Waals surface area contributed by atoms with Crippen LogP contribution in [0.5, 0.6) is 0 Å². The Morgan fingerprint density at radius 3 is 2.45 bits per heavy atom. The van der Waals surface area contributed by atoms with Gasteiger partial charge in [-0.15, -0.1) is 0 Å². The maximum Gasteiger partial charge on any atom is 0.157 e. The van der Waals surface area contributed by atoms with Gasteiger partial charge in [0.15, 0.2) is 6.29 Å². The predicted molar refractivity (Wildman–Crippen MR) is 91.9 cm³/mol. The minimum absolute atomic E-state index is 0.0553. The highest BCUT2D eigenvalue weighted by Gasteiger charge is 2.16. The van der Waals surface area contributed by atoms with Crippen molar-refractivity contribution in [3.05, 3.63) is 12.2 Å². The van der Waals surface area contributed by atoms with Crippen molar-refractivity contribution >= 4 is 0 Å². The Kier molecular flexibility index (Phi) is 12.7. The highest BCUT2D eigenvalue weighted by molar-refractivity contribution is 4.81. The minimum Gasteiger partial charge on any atom is -0.396 e. The first-order chi connectivity index (χ1) is 10.8. The Hall–Kier alpha value is -0.380. The molecule has 0 bridgehead atoms. The quantitative estimate of drug-likeness (QED) is 0.385. The van der Waals surface area contributed by atoms with E-state index in [-0.39, 0.29) is 6.29 Å².